The van der Waals surface area contributed by atoms with Crippen molar-refractivity contribution in [3.63, 3.8) is 0 Å². The summed E-state index contributed by atoms with van der Waals surface area (Å²) in [6.07, 6.45) is 19.8. The van der Waals surface area contributed by atoms with Crippen LogP contribution in [0.4, 0.5) is 0 Å². The first-order valence-corrected chi connectivity index (χ1v) is 9.60. The van der Waals surface area contributed by atoms with E-state index in [4.69, 9.17) is 0 Å². The highest BCUT2D eigenvalue weighted by Gasteiger charge is 2.69. The quantitative estimate of drug-likeness (QED) is 0.715. The van der Waals surface area contributed by atoms with Gasteiger partial charge < -0.3 is 29.4 Å². The zero-order valence-electron chi connectivity index (χ0n) is 16.5. The van der Waals surface area contributed by atoms with Crippen LogP contribution in [0.15, 0.2) is 75.2 Å². The summed E-state index contributed by atoms with van der Waals surface area (Å²) >= 11 is 0. The normalized spacial score (nSPS) is 37.0. The van der Waals surface area contributed by atoms with Gasteiger partial charge in [-0.1, -0.05) is 38.0 Å². The Hall–Kier alpha value is -2.76. The molecule has 0 amide bonds. The van der Waals surface area contributed by atoms with E-state index in [-0.39, 0.29) is 37.0 Å². The highest BCUT2D eigenvalue weighted by Crippen LogP contribution is 2.52. The van der Waals surface area contributed by atoms with Gasteiger partial charge >= 0.3 is 0 Å². The van der Waals surface area contributed by atoms with E-state index in [9.17, 15) is 0 Å². The molecule has 5 fully saturated rings. The Labute approximate surface area is 162 Å². The molecule has 5 heterocycles. The van der Waals surface area contributed by atoms with E-state index < -0.39 is 0 Å². The van der Waals surface area contributed by atoms with Crippen molar-refractivity contribution >= 4 is 0 Å². The average Bonchev–Trinajstić information content (AvgIpc) is 3.09. The third-order valence-electron chi connectivity index (χ3n) is 6.06. The molecular weight excluding hydrogens is 336 g/mol. The Bertz CT molecular complexity index is 661. The first kappa shape index (κ1) is 17.6. The fraction of sp³-hybridized carbons (Fsp3) is 0.429. The summed E-state index contributed by atoms with van der Waals surface area (Å²) in [6.45, 7) is 18.7. The van der Waals surface area contributed by atoms with E-state index in [0.29, 0.717) is 0 Å². The van der Waals surface area contributed by atoms with Crippen LogP contribution in [0, 0.1) is 0 Å². The lowest BCUT2D eigenvalue weighted by Gasteiger charge is -2.54. The Balaban J connectivity index is 2.01. The van der Waals surface area contributed by atoms with E-state index in [1.807, 2.05) is 18.6 Å². The lowest BCUT2D eigenvalue weighted by molar-refractivity contribution is -0.0925. The minimum Gasteiger partial charge on any atom is -0.331 e. The number of rotatable bonds is 6. The van der Waals surface area contributed by atoms with Crippen molar-refractivity contribution in [2.24, 2.45) is 0 Å². The molecule has 6 nitrogen and oxygen atoms in total. The van der Waals surface area contributed by atoms with Gasteiger partial charge in [0.25, 0.3) is 0 Å². The lowest BCUT2D eigenvalue weighted by atomic mass is 10.1. The minimum atomic E-state index is 0.121. The second kappa shape index (κ2) is 6.44. The molecule has 6 unspecified atom stereocenters. The predicted molar refractivity (Wildman–Crippen MR) is 109 cm³/mol. The van der Waals surface area contributed by atoms with Crippen LogP contribution in [0.3, 0.4) is 0 Å². The molecule has 0 aromatic carbocycles. The van der Waals surface area contributed by atoms with E-state index in [0.717, 1.165) is 0 Å². The molecule has 0 saturated carbocycles. The molecule has 0 aromatic heterocycles. The number of hydrogen-bond donors (Lipinski definition) is 0. The summed E-state index contributed by atoms with van der Waals surface area (Å²) < 4.78 is 0. The largest absolute Gasteiger partial charge is 0.331 e. The smallest absolute Gasteiger partial charge is 0.144 e. The van der Waals surface area contributed by atoms with Gasteiger partial charge in [0, 0.05) is 0 Å². The Morgan fingerprint density at radius 1 is 0.444 bits per heavy atom. The third kappa shape index (κ3) is 2.01. The van der Waals surface area contributed by atoms with Crippen LogP contribution in [0.2, 0.25) is 0 Å². The fourth-order valence-electron chi connectivity index (χ4n) is 5.40. The number of nitrogens with zero attached hydrogens (tertiary/aromatic N) is 6. The summed E-state index contributed by atoms with van der Waals surface area (Å²) in [4.78, 5) is 14.5. The molecule has 5 rings (SSSR count). The molecule has 5 saturated heterocycles. The molecule has 6 heteroatoms. The molecule has 0 aromatic rings. The molecule has 0 radical (unpaired) electrons. The van der Waals surface area contributed by atoms with Crippen molar-refractivity contribution in [2.75, 3.05) is 0 Å². The molecular formula is C21H30N6. The molecule has 0 spiro atoms. The van der Waals surface area contributed by atoms with Gasteiger partial charge in [0.05, 0.1) is 0 Å². The topological polar surface area (TPSA) is 19.4 Å². The minimum absolute atomic E-state index is 0.121. The zero-order valence-corrected chi connectivity index (χ0v) is 16.5. The van der Waals surface area contributed by atoms with Gasteiger partial charge in [0.2, 0.25) is 0 Å². The molecule has 0 aliphatic carbocycles. The van der Waals surface area contributed by atoms with E-state index >= 15 is 0 Å². The van der Waals surface area contributed by atoms with Gasteiger partial charge in [0.15, 0.2) is 0 Å². The molecule has 5 aliphatic heterocycles. The predicted octanol–water partition coefficient (Wildman–Crippen LogP) is 2.84. The van der Waals surface area contributed by atoms with Crippen molar-refractivity contribution < 1.29 is 0 Å². The first-order chi connectivity index (χ1) is 13.2. The fourth-order valence-corrected chi connectivity index (χ4v) is 5.40. The average molecular weight is 367 g/mol. The van der Waals surface area contributed by atoms with Crippen molar-refractivity contribution in [3.8, 4) is 0 Å². The summed E-state index contributed by atoms with van der Waals surface area (Å²) in [7, 11) is 0. The highest BCUT2D eigenvalue weighted by molar-refractivity contribution is 5.25. The lowest BCUT2D eigenvalue weighted by Crippen LogP contribution is -2.70. The Morgan fingerprint density at radius 2 is 0.667 bits per heavy atom. The van der Waals surface area contributed by atoms with Crippen molar-refractivity contribution in [1.29, 1.82) is 0 Å². The second-order valence-electron chi connectivity index (χ2n) is 7.16. The highest BCUT2D eigenvalue weighted by atomic mass is 15.8. The van der Waals surface area contributed by atoms with Crippen molar-refractivity contribution in [1.82, 2.24) is 29.4 Å². The van der Waals surface area contributed by atoms with Crippen LogP contribution in [0.5, 0.6) is 0 Å². The molecule has 6 atom stereocenters. The van der Waals surface area contributed by atoms with Crippen LogP contribution >= 0.6 is 0 Å². The number of allylic oxidation sites excluding steroid dienone is 3. The number of piperazine rings is 1. The van der Waals surface area contributed by atoms with Crippen LogP contribution in [0.1, 0.15) is 20.8 Å². The van der Waals surface area contributed by atoms with Gasteiger partial charge in [-0.3, -0.25) is 0 Å². The Kier molecular flexibility index (Phi) is 4.21. The maximum atomic E-state index is 4.16. The summed E-state index contributed by atoms with van der Waals surface area (Å²) in [6, 6.07) is 0. The third-order valence-corrected chi connectivity index (χ3v) is 6.06. The summed E-state index contributed by atoms with van der Waals surface area (Å²) in [5.41, 5.74) is 0. The second-order valence-corrected chi connectivity index (χ2v) is 7.16. The molecule has 6 bridgehead atoms. The van der Waals surface area contributed by atoms with Crippen LogP contribution in [-0.4, -0.2) is 66.4 Å². The zero-order chi connectivity index (χ0) is 19.3. The molecule has 144 valence electrons. The monoisotopic (exact) mass is 366 g/mol. The molecule has 27 heavy (non-hydrogen) atoms. The van der Waals surface area contributed by atoms with Gasteiger partial charge in [0.1, 0.15) is 37.0 Å². The van der Waals surface area contributed by atoms with Gasteiger partial charge in [-0.2, -0.15) is 0 Å². The summed E-state index contributed by atoms with van der Waals surface area (Å²) in [5.74, 6) is 0. The van der Waals surface area contributed by atoms with Crippen molar-refractivity contribution in [2.45, 2.75) is 57.8 Å². The summed E-state index contributed by atoms with van der Waals surface area (Å²) in [5, 5.41) is 0. The molecule has 0 N–H and O–H groups in total. The first-order valence-electron chi connectivity index (χ1n) is 9.60. The standard InChI is InChI=1S/C21H30N6/c1-7-13-25-18-19-24(12-6)17-21(26(19)14-8-2)27(15-9-3)20(25)16(22(17)10-4)23(18)11-5/h7-21H,4-6H2,1-3H3/b13-7?,14-8?,15-9-. The van der Waals surface area contributed by atoms with Gasteiger partial charge in [-0.25, -0.2) is 0 Å². The van der Waals surface area contributed by atoms with E-state index in [2.05, 4.69) is 107 Å². The van der Waals surface area contributed by atoms with E-state index in [1.165, 1.54) is 0 Å². The van der Waals surface area contributed by atoms with Crippen LogP contribution in [0.25, 0.3) is 0 Å². The van der Waals surface area contributed by atoms with Gasteiger partial charge in [-0.15, -0.1) is 0 Å². The maximum absolute atomic E-state index is 4.16. The van der Waals surface area contributed by atoms with Gasteiger partial charge in [-0.05, 0) is 58.0 Å². The van der Waals surface area contributed by atoms with E-state index in [1.54, 1.807) is 0 Å². The van der Waals surface area contributed by atoms with Crippen LogP contribution in [-0.2, 0) is 0 Å². The number of hydrogen-bond acceptors (Lipinski definition) is 6. The van der Waals surface area contributed by atoms with Crippen molar-refractivity contribution in [3.05, 3.63) is 75.2 Å². The maximum Gasteiger partial charge on any atom is 0.144 e. The Morgan fingerprint density at radius 3 is 0.889 bits per heavy atom. The molecule has 5 aliphatic rings. The SMILES string of the molecule is C=CN1C2C3N(C=CC)C(C4N(C=C)C1C(N4C=CC)N3/C=C\C)N2C=C. The van der Waals surface area contributed by atoms with Crippen LogP contribution < -0.4 is 0 Å².